The average Bonchev–Trinajstić information content (AvgIpc) is 2.89. The molecule has 0 unspecified atom stereocenters. The zero-order valence-electron chi connectivity index (χ0n) is 12.0. The summed E-state index contributed by atoms with van der Waals surface area (Å²) < 4.78 is 10.4. The second kappa shape index (κ2) is 5.32. The van der Waals surface area contributed by atoms with E-state index in [0.29, 0.717) is 5.88 Å². The molecule has 0 radical (unpaired) electrons. The summed E-state index contributed by atoms with van der Waals surface area (Å²) in [4.78, 5) is 0. The van der Waals surface area contributed by atoms with Gasteiger partial charge in [0.2, 0.25) is 5.88 Å². The maximum atomic E-state index is 5.96. The fourth-order valence-corrected chi connectivity index (χ4v) is 2.33. The van der Waals surface area contributed by atoms with Crippen LogP contribution in [-0.2, 0) is 0 Å². The molecule has 1 heterocycles. The van der Waals surface area contributed by atoms with Crippen molar-refractivity contribution in [2.24, 2.45) is 0 Å². The summed E-state index contributed by atoms with van der Waals surface area (Å²) in [5.41, 5.74) is 10.6. The Morgan fingerprint density at radius 3 is 2.48 bits per heavy atom. The number of nitrogen functional groups attached to an aromatic ring is 1. The van der Waals surface area contributed by atoms with Crippen LogP contribution in [-0.4, -0.2) is 12.3 Å². The van der Waals surface area contributed by atoms with Gasteiger partial charge in [0.05, 0.1) is 12.7 Å². The third-order valence-electron chi connectivity index (χ3n) is 3.39. The Labute approximate surface area is 123 Å². The van der Waals surface area contributed by atoms with Gasteiger partial charge in [-0.3, -0.25) is 0 Å². The van der Waals surface area contributed by atoms with Gasteiger partial charge in [0.25, 0.3) is 0 Å². The molecule has 1 aromatic heterocycles. The van der Waals surface area contributed by atoms with Crippen molar-refractivity contribution in [1.82, 2.24) is 5.16 Å². The second-order valence-electron chi connectivity index (χ2n) is 4.87. The SMILES string of the molecule is COc1ccc(-c2c(-c3cccc(C)c3)noc2N)cc1. The fourth-order valence-electron chi connectivity index (χ4n) is 2.33. The molecular weight excluding hydrogens is 264 g/mol. The number of benzene rings is 2. The van der Waals surface area contributed by atoms with Crippen molar-refractivity contribution < 1.29 is 9.26 Å². The van der Waals surface area contributed by atoms with E-state index in [4.69, 9.17) is 15.0 Å². The van der Waals surface area contributed by atoms with Crippen molar-refractivity contribution in [3.8, 4) is 28.1 Å². The van der Waals surface area contributed by atoms with Crippen LogP contribution in [0, 0.1) is 6.92 Å². The maximum Gasteiger partial charge on any atom is 0.230 e. The number of hydrogen-bond acceptors (Lipinski definition) is 4. The summed E-state index contributed by atoms with van der Waals surface area (Å²) in [6.07, 6.45) is 0. The van der Waals surface area contributed by atoms with Crippen LogP contribution in [0.2, 0.25) is 0 Å². The smallest absolute Gasteiger partial charge is 0.230 e. The summed E-state index contributed by atoms with van der Waals surface area (Å²) >= 11 is 0. The molecule has 4 nitrogen and oxygen atoms in total. The summed E-state index contributed by atoms with van der Waals surface area (Å²) in [6, 6.07) is 15.8. The molecule has 3 rings (SSSR count). The standard InChI is InChI=1S/C17H16N2O2/c1-11-4-3-5-13(10-11)16-15(17(18)21-19-16)12-6-8-14(20-2)9-7-12/h3-10H,18H2,1-2H3. The molecule has 0 amide bonds. The van der Waals surface area contributed by atoms with Gasteiger partial charge in [0.15, 0.2) is 0 Å². The van der Waals surface area contributed by atoms with E-state index in [1.165, 1.54) is 0 Å². The lowest BCUT2D eigenvalue weighted by Crippen LogP contribution is -1.89. The van der Waals surface area contributed by atoms with Crippen molar-refractivity contribution in [3.63, 3.8) is 0 Å². The molecule has 0 aliphatic rings. The summed E-state index contributed by atoms with van der Waals surface area (Å²) in [7, 11) is 1.64. The summed E-state index contributed by atoms with van der Waals surface area (Å²) in [6.45, 7) is 2.04. The molecule has 0 atom stereocenters. The van der Waals surface area contributed by atoms with Gasteiger partial charge < -0.3 is 15.0 Å². The Balaban J connectivity index is 2.12. The molecule has 0 spiro atoms. The number of anilines is 1. The Morgan fingerprint density at radius 1 is 1.05 bits per heavy atom. The molecule has 0 aliphatic heterocycles. The molecule has 4 heteroatoms. The third-order valence-corrected chi connectivity index (χ3v) is 3.39. The third kappa shape index (κ3) is 2.48. The topological polar surface area (TPSA) is 61.3 Å². The van der Waals surface area contributed by atoms with E-state index in [9.17, 15) is 0 Å². The second-order valence-corrected chi connectivity index (χ2v) is 4.87. The first-order valence-electron chi connectivity index (χ1n) is 6.65. The molecule has 21 heavy (non-hydrogen) atoms. The van der Waals surface area contributed by atoms with Crippen LogP contribution in [0.25, 0.3) is 22.4 Å². The van der Waals surface area contributed by atoms with Crippen molar-refractivity contribution in [3.05, 3.63) is 54.1 Å². The predicted molar refractivity (Wildman–Crippen MR) is 83.1 cm³/mol. The first-order valence-corrected chi connectivity index (χ1v) is 6.65. The Hall–Kier alpha value is -2.75. The van der Waals surface area contributed by atoms with E-state index >= 15 is 0 Å². The van der Waals surface area contributed by atoms with Gasteiger partial charge in [-0.1, -0.05) is 41.1 Å². The largest absolute Gasteiger partial charge is 0.497 e. The molecule has 0 bridgehead atoms. The zero-order chi connectivity index (χ0) is 14.8. The van der Waals surface area contributed by atoms with Crippen LogP contribution in [0.4, 0.5) is 5.88 Å². The Kier molecular flexibility index (Phi) is 3.36. The van der Waals surface area contributed by atoms with Crippen LogP contribution in [0.3, 0.4) is 0 Å². The van der Waals surface area contributed by atoms with Gasteiger partial charge >= 0.3 is 0 Å². The van der Waals surface area contributed by atoms with Crippen LogP contribution in [0.1, 0.15) is 5.56 Å². The highest BCUT2D eigenvalue weighted by atomic mass is 16.5. The highest BCUT2D eigenvalue weighted by molar-refractivity contribution is 5.87. The van der Waals surface area contributed by atoms with E-state index in [-0.39, 0.29) is 0 Å². The molecular formula is C17H16N2O2. The lowest BCUT2D eigenvalue weighted by Gasteiger charge is -2.05. The molecule has 0 fully saturated rings. The molecule has 0 saturated carbocycles. The zero-order valence-corrected chi connectivity index (χ0v) is 12.0. The average molecular weight is 280 g/mol. The molecule has 2 N–H and O–H groups in total. The Bertz CT molecular complexity index is 761. The van der Waals surface area contributed by atoms with E-state index in [2.05, 4.69) is 11.2 Å². The van der Waals surface area contributed by atoms with Crippen LogP contribution >= 0.6 is 0 Å². The number of aryl methyl sites for hydroxylation is 1. The van der Waals surface area contributed by atoms with Gasteiger partial charge in [-0.25, -0.2) is 0 Å². The first-order chi connectivity index (χ1) is 10.2. The van der Waals surface area contributed by atoms with Gasteiger partial charge in [-0.15, -0.1) is 0 Å². The maximum absolute atomic E-state index is 5.96. The quantitative estimate of drug-likeness (QED) is 0.790. The van der Waals surface area contributed by atoms with Gasteiger partial charge in [0.1, 0.15) is 11.4 Å². The molecule has 2 aromatic carbocycles. The molecule has 106 valence electrons. The number of hydrogen-bond donors (Lipinski definition) is 1. The van der Waals surface area contributed by atoms with E-state index in [1.54, 1.807) is 7.11 Å². The fraction of sp³-hybridized carbons (Fsp3) is 0.118. The minimum Gasteiger partial charge on any atom is -0.497 e. The monoisotopic (exact) mass is 280 g/mol. The van der Waals surface area contributed by atoms with E-state index in [0.717, 1.165) is 33.7 Å². The molecule has 0 saturated heterocycles. The van der Waals surface area contributed by atoms with Crippen LogP contribution in [0.15, 0.2) is 53.1 Å². The van der Waals surface area contributed by atoms with Crippen LogP contribution < -0.4 is 10.5 Å². The highest BCUT2D eigenvalue weighted by Gasteiger charge is 2.17. The minimum atomic E-state index is 0.316. The van der Waals surface area contributed by atoms with Gasteiger partial charge in [-0.05, 0) is 30.7 Å². The van der Waals surface area contributed by atoms with Crippen molar-refractivity contribution >= 4 is 5.88 Å². The van der Waals surface area contributed by atoms with E-state index < -0.39 is 0 Å². The predicted octanol–water partition coefficient (Wildman–Crippen LogP) is 3.91. The number of nitrogens with zero attached hydrogens (tertiary/aromatic N) is 1. The number of aromatic nitrogens is 1. The molecule has 0 aliphatic carbocycles. The van der Waals surface area contributed by atoms with E-state index in [1.807, 2.05) is 49.4 Å². The number of methoxy groups -OCH3 is 1. The Morgan fingerprint density at radius 2 is 1.81 bits per heavy atom. The molecule has 3 aromatic rings. The van der Waals surface area contributed by atoms with Gasteiger partial charge in [0, 0.05) is 5.56 Å². The number of ether oxygens (including phenoxy) is 1. The first kappa shape index (κ1) is 13.2. The van der Waals surface area contributed by atoms with Gasteiger partial charge in [-0.2, -0.15) is 0 Å². The lowest BCUT2D eigenvalue weighted by atomic mass is 10.00. The highest BCUT2D eigenvalue weighted by Crippen LogP contribution is 2.36. The normalized spacial score (nSPS) is 10.6. The van der Waals surface area contributed by atoms with Crippen LogP contribution in [0.5, 0.6) is 5.75 Å². The van der Waals surface area contributed by atoms with Crippen molar-refractivity contribution in [1.29, 1.82) is 0 Å². The van der Waals surface area contributed by atoms with Crippen molar-refractivity contribution in [2.45, 2.75) is 6.92 Å². The van der Waals surface area contributed by atoms with Crippen molar-refractivity contribution in [2.75, 3.05) is 12.8 Å². The summed E-state index contributed by atoms with van der Waals surface area (Å²) in [5, 5.41) is 4.11. The minimum absolute atomic E-state index is 0.316. The lowest BCUT2D eigenvalue weighted by molar-refractivity contribution is 0.415. The number of rotatable bonds is 3. The summed E-state index contributed by atoms with van der Waals surface area (Å²) in [5.74, 6) is 1.11. The number of nitrogens with two attached hydrogens (primary N) is 1.